The fourth-order valence-electron chi connectivity index (χ4n) is 3.67. The standard InChI is InChI=1S/C27H33N3O4S/c1-16(2)15-30-26(33)22-10-9-21(25(32)28-11-12-34-6)14-23(22)29-27(30)35-19(5)24(31)20-8-7-17(3)18(4)13-20/h7-10,13-14,16,19H,11-12,15H2,1-6H3,(H,28,32). The van der Waals surface area contributed by atoms with E-state index in [0.29, 0.717) is 46.9 Å². The second-order valence-corrected chi connectivity index (χ2v) is 10.4. The second-order valence-electron chi connectivity index (χ2n) is 9.11. The summed E-state index contributed by atoms with van der Waals surface area (Å²) < 4.78 is 6.61. The number of methoxy groups -OCH3 is 1. The van der Waals surface area contributed by atoms with Gasteiger partial charge in [0.1, 0.15) is 0 Å². The topological polar surface area (TPSA) is 90.3 Å². The SMILES string of the molecule is COCCNC(=O)c1ccc2c(=O)n(CC(C)C)c(SC(C)C(=O)c3ccc(C)c(C)c3)nc2c1. The summed E-state index contributed by atoms with van der Waals surface area (Å²) >= 11 is 1.27. The number of hydrogen-bond acceptors (Lipinski definition) is 6. The number of Topliss-reactive ketones (excluding diaryl/α,β-unsaturated/α-hetero) is 1. The van der Waals surface area contributed by atoms with Crippen LogP contribution in [0.25, 0.3) is 10.9 Å². The van der Waals surface area contributed by atoms with Crippen molar-refractivity contribution in [2.45, 2.75) is 51.6 Å². The van der Waals surface area contributed by atoms with E-state index >= 15 is 0 Å². The molecule has 8 heteroatoms. The smallest absolute Gasteiger partial charge is 0.262 e. The number of nitrogens with zero attached hydrogens (tertiary/aromatic N) is 2. The molecule has 0 bridgehead atoms. The molecule has 1 unspecified atom stereocenters. The molecule has 0 aliphatic rings. The van der Waals surface area contributed by atoms with Gasteiger partial charge in [0, 0.05) is 31.3 Å². The molecule has 0 radical (unpaired) electrons. The fourth-order valence-corrected chi connectivity index (χ4v) is 4.66. The predicted molar refractivity (Wildman–Crippen MR) is 141 cm³/mol. The number of hydrogen-bond donors (Lipinski definition) is 1. The first-order chi connectivity index (χ1) is 16.6. The average Bonchev–Trinajstić information content (AvgIpc) is 2.82. The summed E-state index contributed by atoms with van der Waals surface area (Å²) in [4.78, 5) is 43.8. The van der Waals surface area contributed by atoms with Crippen molar-refractivity contribution in [3.05, 3.63) is 69.0 Å². The van der Waals surface area contributed by atoms with Gasteiger partial charge in [0.05, 0.1) is 22.8 Å². The zero-order valence-corrected chi connectivity index (χ0v) is 22.0. The zero-order chi connectivity index (χ0) is 25.7. The number of rotatable bonds is 10. The van der Waals surface area contributed by atoms with Crippen molar-refractivity contribution in [3.63, 3.8) is 0 Å². The molecule has 1 atom stereocenters. The molecule has 1 heterocycles. The minimum atomic E-state index is -0.444. The van der Waals surface area contributed by atoms with Gasteiger partial charge in [-0.1, -0.05) is 37.7 Å². The van der Waals surface area contributed by atoms with Gasteiger partial charge in [-0.3, -0.25) is 19.0 Å². The van der Waals surface area contributed by atoms with E-state index in [1.807, 2.05) is 52.8 Å². The first kappa shape index (κ1) is 26.6. The van der Waals surface area contributed by atoms with E-state index in [1.54, 1.807) is 29.9 Å². The highest BCUT2D eigenvalue weighted by Gasteiger charge is 2.22. The summed E-state index contributed by atoms with van der Waals surface area (Å²) in [5, 5.41) is 3.25. The van der Waals surface area contributed by atoms with Gasteiger partial charge >= 0.3 is 0 Å². The minimum Gasteiger partial charge on any atom is -0.383 e. The Kier molecular flexibility index (Phi) is 8.86. The number of amides is 1. The molecule has 3 rings (SSSR count). The Balaban J connectivity index is 1.99. The lowest BCUT2D eigenvalue weighted by Crippen LogP contribution is -2.28. The van der Waals surface area contributed by atoms with Gasteiger partial charge in [-0.25, -0.2) is 4.98 Å². The quantitative estimate of drug-likeness (QED) is 0.194. The van der Waals surface area contributed by atoms with Crippen LogP contribution >= 0.6 is 11.8 Å². The zero-order valence-electron chi connectivity index (χ0n) is 21.2. The average molecular weight is 496 g/mol. The van der Waals surface area contributed by atoms with Crippen LogP contribution in [0.5, 0.6) is 0 Å². The lowest BCUT2D eigenvalue weighted by molar-refractivity contribution is 0.0936. The van der Waals surface area contributed by atoms with E-state index < -0.39 is 5.25 Å². The van der Waals surface area contributed by atoms with Crippen molar-refractivity contribution in [1.82, 2.24) is 14.9 Å². The molecule has 0 saturated heterocycles. The van der Waals surface area contributed by atoms with Crippen LogP contribution in [0.2, 0.25) is 0 Å². The monoisotopic (exact) mass is 495 g/mol. The lowest BCUT2D eigenvalue weighted by atomic mass is 10.0. The van der Waals surface area contributed by atoms with Gasteiger partial charge in [0.25, 0.3) is 11.5 Å². The molecule has 0 spiro atoms. The molecule has 35 heavy (non-hydrogen) atoms. The van der Waals surface area contributed by atoms with Crippen molar-refractivity contribution < 1.29 is 14.3 Å². The Hall–Kier alpha value is -2.97. The van der Waals surface area contributed by atoms with Crippen LogP contribution in [-0.2, 0) is 11.3 Å². The highest BCUT2D eigenvalue weighted by molar-refractivity contribution is 8.00. The largest absolute Gasteiger partial charge is 0.383 e. The first-order valence-corrected chi connectivity index (χ1v) is 12.6. The van der Waals surface area contributed by atoms with Crippen molar-refractivity contribution in [2.24, 2.45) is 5.92 Å². The molecule has 7 nitrogen and oxygen atoms in total. The van der Waals surface area contributed by atoms with Gasteiger partial charge < -0.3 is 10.1 Å². The number of ketones is 1. The van der Waals surface area contributed by atoms with Crippen molar-refractivity contribution in [2.75, 3.05) is 20.3 Å². The Morgan fingerprint density at radius 1 is 1.06 bits per heavy atom. The van der Waals surface area contributed by atoms with E-state index in [2.05, 4.69) is 5.32 Å². The van der Waals surface area contributed by atoms with Gasteiger partial charge in [0.2, 0.25) is 0 Å². The molecule has 1 N–H and O–H groups in total. The maximum atomic E-state index is 13.4. The van der Waals surface area contributed by atoms with Crippen molar-refractivity contribution in [3.8, 4) is 0 Å². The van der Waals surface area contributed by atoms with E-state index in [9.17, 15) is 14.4 Å². The van der Waals surface area contributed by atoms with Crippen LogP contribution in [0.4, 0.5) is 0 Å². The van der Waals surface area contributed by atoms with Gasteiger partial charge in [0.15, 0.2) is 10.9 Å². The molecular formula is C27H33N3O4S. The second kappa shape index (κ2) is 11.6. The Morgan fingerprint density at radius 2 is 1.77 bits per heavy atom. The third-order valence-electron chi connectivity index (χ3n) is 5.76. The first-order valence-electron chi connectivity index (χ1n) is 11.7. The Morgan fingerprint density at radius 3 is 2.43 bits per heavy atom. The molecule has 0 fully saturated rings. The molecular weight excluding hydrogens is 462 g/mol. The third kappa shape index (κ3) is 6.38. The summed E-state index contributed by atoms with van der Waals surface area (Å²) in [7, 11) is 1.57. The normalized spacial score (nSPS) is 12.2. The maximum Gasteiger partial charge on any atom is 0.262 e. The van der Waals surface area contributed by atoms with Gasteiger partial charge in [-0.15, -0.1) is 0 Å². The molecule has 186 valence electrons. The predicted octanol–water partition coefficient (Wildman–Crippen LogP) is 4.41. The summed E-state index contributed by atoms with van der Waals surface area (Å²) in [5.74, 6) is -0.0673. The highest BCUT2D eigenvalue weighted by Crippen LogP contribution is 2.26. The van der Waals surface area contributed by atoms with Gasteiger partial charge in [-0.05, 0) is 62.1 Å². The molecule has 0 aliphatic carbocycles. The lowest BCUT2D eigenvalue weighted by Gasteiger charge is -2.18. The Labute approximate surface area is 210 Å². The van der Waals surface area contributed by atoms with Crippen LogP contribution in [0.1, 0.15) is 52.6 Å². The van der Waals surface area contributed by atoms with Crippen molar-refractivity contribution in [1.29, 1.82) is 0 Å². The van der Waals surface area contributed by atoms with Crippen LogP contribution in [0.3, 0.4) is 0 Å². The fraction of sp³-hybridized carbons (Fsp3) is 0.407. The Bertz CT molecular complexity index is 1300. The third-order valence-corrected chi connectivity index (χ3v) is 6.85. The number of aromatic nitrogens is 2. The molecule has 1 aromatic heterocycles. The summed E-state index contributed by atoms with van der Waals surface area (Å²) in [6.45, 7) is 11.2. The summed E-state index contributed by atoms with van der Waals surface area (Å²) in [5.41, 5.74) is 3.50. The van der Waals surface area contributed by atoms with Crippen LogP contribution in [0.15, 0.2) is 46.3 Å². The number of fused-ring (bicyclic) bond motifs is 1. The summed E-state index contributed by atoms with van der Waals surface area (Å²) in [6.07, 6.45) is 0. The maximum absolute atomic E-state index is 13.4. The molecule has 2 aromatic carbocycles. The molecule has 0 saturated carbocycles. The number of ether oxygens (including phenoxy) is 1. The number of thioether (sulfide) groups is 1. The van der Waals surface area contributed by atoms with Crippen LogP contribution < -0.4 is 10.9 Å². The number of benzene rings is 2. The number of carbonyl (C=O) groups excluding carboxylic acids is 2. The molecule has 0 aliphatic heterocycles. The summed E-state index contributed by atoms with van der Waals surface area (Å²) in [6, 6.07) is 10.6. The van der Waals surface area contributed by atoms with Gasteiger partial charge in [-0.2, -0.15) is 0 Å². The van der Waals surface area contributed by atoms with Crippen LogP contribution in [-0.4, -0.2) is 46.8 Å². The van der Waals surface area contributed by atoms with E-state index in [4.69, 9.17) is 9.72 Å². The number of aryl methyl sites for hydroxylation is 2. The van der Waals surface area contributed by atoms with Crippen molar-refractivity contribution >= 4 is 34.4 Å². The minimum absolute atomic E-state index is 0.0187. The van der Waals surface area contributed by atoms with E-state index in [-0.39, 0.29) is 23.2 Å². The number of nitrogens with one attached hydrogen (secondary N) is 1. The number of carbonyl (C=O) groups is 2. The molecule has 3 aromatic rings. The van der Waals surface area contributed by atoms with E-state index in [1.165, 1.54) is 11.8 Å². The van der Waals surface area contributed by atoms with Crippen LogP contribution in [0, 0.1) is 19.8 Å². The van der Waals surface area contributed by atoms with E-state index in [0.717, 1.165) is 11.1 Å². The highest BCUT2D eigenvalue weighted by atomic mass is 32.2. The molecule has 1 amide bonds.